The van der Waals surface area contributed by atoms with Crippen molar-refractivity contribution in [1.82, 2.24) is 19.8 Å². The number of fused-ring (bicyclic) bond motifs is 3. The number of nitrogens with two attached hydrogens (primary N) is 2. The van der Waals surface area contributed by atoms with E-state index in [2.05, 4.69) is 103 Å². The molecule has 13 nitrogen and oxygen atoms in total. The van der Waals surface area contributed by atoms with E-state index in [1.165, 1.54) is 28.1 Å². The molecule has 0 spiro atoms. The minimum absolute atomic E-state index is 0.556. The number of nitrogens with zero attached hydrogens (tertiary/aromatic N) is 7. The number of piperazine rings is 2. The molecule has 5 N–H and O–H groups in total. The van der Waals surface area contributed by atoms with Crippen molar-refractivity contribution in [3.8, 4) is 17.3 Å². The van der Waals surface area contributed by atoms with Gasteiger partial charge in [0.05, 0.1) is 64.8 Å². The number of ether oxygens (including phenoxy) is 1. The molecule has 0 unspecified atom stereocenters. The van der Waals surface area contributed by atoms with Crippen molar-refractivity contribution in [3.63, 3.8) is 0 Å². The summed E-state index contributed by atoms with van der Waals surface area (Å²) in [6.07, 6.45) is 4.97. The molecule has 7 aromatic rings. The van der Waals surface area contributed by atoms with Crippen molar-refractivity contribution >= 4 is 56.6 Å². The largest absolute Gasteiger partial charge is 0.468 e. The van der Waals surface area contributed by atoms with Crippen LogP contribution in [0.5, 0.6) is 5.95 Å². The van der Waals surface area contributed by atoms with Crippen LogP contribution >= 0.6 is 0 Å². The fourth-order valence-corrected chi connectivity index (χ4v) is 8.08. The zero-order valence-electron chi connectivity index (χ0n) is 35.0. The zero-order valence-corrected chi connectivity index (χ0v) is 35.0. The first kappa shape index (κ1) is 39.6. The molecule has 0 radical (unpaired) electrons. The molecule has 0 aliphatic carbocycles. The van der Waals surface area contributed by atoms with Crippen LogP contribution in [0.4, 0.5) is 34.1 Å². The highest BCUT2D eigenvalue weighted by Crippen LogP contribution is 2.36. The summed E-state index contributed by atoms with van der Waals surface area (Å²) in [5.41, 5.74) is 26.4. The fourth-order valence-electron chi connectivity index (χ4n) is 8.08. The lowest BCUT2D eigenvalue weighted by Crippen LogP contribution is -2.44. The first-order valence-electron chi connectivity index (χ1n) is 20.8. The van der Waals surface area contributed by atoms with Crippen LogP contribution in [0.1, 0.15) is 22.5 Å². The van der Waals surface area contributed by atoms with E-state index in [1.54, 1.807) is 31.8 Å². The molecule has 7 heterocycles. The predicted octanol–water partition coefficient (Wildman–Crippen LogP) is 7.82. The Bertz CT molecular complexity index is 2670. The number of rotatable bonds is 6. The van der Waals surface area contributed by atoms with Crippen LogP contribution in [-0.2, 0) is 12.8 Å². The van der Waals surface area contributed by atoms with Crippen molar-refractivity contribution in [2.75, 3.05) is 94.8 Å². The molecular formula is C48H52N10O3. The smallest absolute Gasteiger partial charge is 0.283 e. The second kappa shape index (κ2) is 17.4. The molecule has 0 saturated carbocycles. The monoisotopic (exact) mass is 816 g/mol. The summed E-state index contributed by atoms with van der Waals surface area (Å²) in [6.45, 7) is 8.71. The topological polar surface area (TPSA) is 154 Å². The Hall–Kier alpha value is -6.83. The van der Waals surface area contributed by atoms with Crippen molar-refractivity contribution in [2.24, 2.45) is 9.98 Å². The molecule has 2 saturated heterocycles. The number of hydrogen-bond donors (Lipinski definition) is 3. The van der Waals surface area contributed by atoms with Gasteiger partial charge in [0.25, 0.3) is 5.95 Å². The van der Waals surface area contributed by atoms with Gasteiger partial charge in [0.2, 0.25) is 0 Å². The van der Waals surface area contributed by atoms with E-state index >= 15 is 0 Å². The number of hydrogen-bond acceptors (Lipinski definition) is 12. The van der Waals surface area contributed by atoms with Gasteiger partial charge in [0.15, 0.2) is 0 Å². The second-order valence-electron chi connectivity index (χ2n) is 16.0. The number of imidazole rings is 1. The van der Waals surface area contributed by atoms with Gasteiger partial charge in [0, 0.05) is 88.2 Å². The molecule has 0 bridgehead atoms. The SMILES string of the molecule is CN1CCN(c2ccc3c(c2)CC(c2ccc4c(c2)CC(c2ccco2)=N4)=N3)CC1.CN1CCN(c2ccc3nc(-c4ccc(N)c(N)c4)[nH]c3c2)CC1.COc1ccco1. The van der Waals surface area contributed by atoms with Gasteiger partial charge in [-0.2, -0.15) is 0 Å². The van der Waals surface area contributed by atoms with E-state index in [0.717, 1.165) is 116 Å². The second-order valence-corrected chi connectivity index (χ2v) is 16.0. The number of furan rings is 2. The van der Waals surface area contributed by atoms with Crippen molar-refractivity contribution < 1.29 is 13.6 Å². The van der Waals surface area contributed by atoms with Crippen molar-refractivity contribution in [1.29, 1.82) is 0 Å². The Morgan fingerprint density at radius 2 is 1.23 bits per heavy atom. The summed E-state index contributed by atoms with van der Waals surface area (Å²) in [6, 6.07) is 32.7. The molecule has 0 amide bonds. The van der Waals surface area contributed by atoms with Gasteiger partial charge < -0.3 is 49.6 Å². The average Bonchev–Trinajstić information content (AvgIpc) is 4.14. The molecule has 0 atom stereocenters. The summed E-state index contributed by atoms with van der Waals surface area (Å²) >= 11 is 0. The molecule has 61 heavy (non-hydrogen) atoms. The predicted molar refractivity (Wildman–Crippen MR) is 246 cm³/mol. The van der Waals surface area contributed by atoms with Crippen LogP contribution in [-0.4, -0.2) is 105 Å². The minimum Gasteiger partial charge on any atom is -0.468 e. The summed E-state index contributed by atoms with van der Waals surface area (Å²) < 4.78 is 15.0. The molecular weight excluding hydrogens is 765 g/mol. The van der Waals surface area contributed by atoms with Crippen LogP contribution in [0.3, 0.4) is 0 Å². The van der Waals surface area contributed by atoms with Gasteiger partial charge in [-0.15, -0.1) is 0 Å². The Kier molecular flexibility index (Phi) is 11.3. The van der Waals surface area contributed by atoms with Crippen LogP contribution in [0.2, 0.25) is 0 Å². The number of H-pyrrole nitrogens is 1. The van der Waals surface area contributed by atoms with Gasteiger partial charge in [0.1, 0.15) is 11.6 Å². The van der Waals surface area contributed by atoms with Crippen LogP contribution in [0.15, 0.2) is 128 Å². The van der Waals surface area contributed by atoms with Gasteiger partial charge in [-0.25, -0.2) is 9.98 Å². The molecule has 4 aliphatic rings. The maximum atomic E-state index is 5.91. The van der Waals surface area contributed by atoms with Crippen molar-refractivity contribution in [3.05, 3.63) is 132 Å². The van der Waals surface area contributed by atoms with Crippen LogP contribution < -0.4 is 26.0 Å². The number of aromatic nitrogens is 2. The Morgan fingerprint density at radius 1 is 0.607 bits per heavy atom. The van der Waals surface area contributed by atoms with Crippen molar-refractivity contribution in [2.45, 2.75) is 12.8 Å². The van der Waals surface area contributed by atoms with E-state index in [0.29, 0.717) is 17.3 Å². The summed E-state index contributed by atoms with van der Waals surface area (Å²) in [4.78, 5) is 27.4. The van der Waals surface area contributed by atoms with Crippen LogP contribution in [0, 0.1) is 0 Å². The third kappa shape index (κ3) is 8.89. The molecule has 312 valence electrons. The van der Waals surface area contributed by atoms with Crippen LogP contribution in [0.25, 0.3) is 22.4 Å². The number of anilines is 4. The lowest BCUT2D eigenvalue weighted by molar-refractivity contribution is 0.305. The number of nitrogens with one attached hydrogen (secondary N) is 1. The standard InChI is InChI=1S/C25H24N4O.C18H22N6.C5H6O2/c1-28-8-10-29(11-9-28)20-5-7-22-19(14-20)15-23(26-22)17-4-6-21-18(13-17)16-24(27-21)25-3-2-12-30-25;1-23-6-8-24(9-7-23)13-3-5-16-17(11-13)22-18(21-16)12-2-4-14(19)15(20)10-12;1-6-5-3-2-4-7-5/h2-7,12-14H,8-11,15-16H2,1H3;2-5,10-11H,6-9,19-20H2,1H3,(H,21,22);2-4H,1H3. The Labute approximate surface area is 356 Å². The number of benzene rings is 4. The maximum Gasteiger partial charge on any atom is 0.283 e. The Morgan fingerprint density at radius 3 is 1.89 bits per heavy atom. The van der Waals surface area contributed by atoms with E-state index in [4.69, 9.17) is 30.3 Å². The normalized spacial score (nSPS) is 16.2. The fraction of sp³-hybridized carbons (Fsp3) is 0.271. The molecule has 3 aromatic heterocycles. The summed E-state index contributed by atoms with van der Waals surface area (Å²) in [7, 11) is 5.93. The Balaban J connectivity index is 0.000000137. The highest BCUT2D eigenvalue weighted by atomic mass is 16.6. The minimum atomic E-state index is 0.556. The highest BCUT2D eigenvalue weighted by Gasteiger charge is 2.23. The van der Waals surface area contributed by atoms with Gasteiger partial charge in [-0.3, -0.25) is 4.99 Å². The zero-order chi connectivity index (χ0) is 41.9. The van der Waals surface area contributed by atoms with Gasteiger partial charge in [-0.1, -0.05) is 6.07 Å². The molecule has 11 rings (SSSR count). The quantitative estimate of drug-likeness (QED) is 0.142. The number of aromatic amines is 1. The lowest BCUT2D eigenvalue weighted by atomic mass is 9.99. The van der Waals surface area contributed by atoms with Gasteiger partial charge >= 0.3 is 0 Å². The molecule has 4 aromatic carbocycles. The maximum absolute atomic E-state index is 5.91. The molecule has 13 heteroatoms. The third-order valence-electron chi connectivity index (χ3n) is 11.8. The third-order valence-corrected chi connectivity index (χ3v) is 11.8. The van der Waals surface area contributed by atoms with E-state index in [9.17, 15) is 0 Å². The lowest BCUT2D eigenvalue weighted by Gasteiger charge is -2.34. The highest BCUT2D eigenvalue weighted by molar-refractivity contribution is 6.09. The summed E-state index contributed by atoms with van der Waals surface area (Å²) in [5, 5.41) is 0. The molecule has 2 fully saturated rings. The first-order valence-corrected chi connectivity index (χ1v) is 20.8. The number of aliphatic imine (C=N–C) groups is 2. The summed E-state index contributed by atoms with van der Waals surface area (Å²) in [5.74, 6) is 2.22. The number of likely N-dealkylation sites (N-methyl/N-ethyl adjacent to an activating group) is 2. The molecule has 4 aliphatic heterocycles. The van der Waals surface area contributed by atoms with E-state index in [-0.39, 0.29) is 0 Å². The van der Waals surface area contributed by atoms with Gasteiger partial charge in [-0.05, 0) is 116 Å². The number of nitrogen functional groups attached to an aromatic ring is 2. The van der Waals surface area contributed by atoms with E-state index < -0.39 is 0 Å². The average molecular weight is 817 g/mol. The number of methoxy groups -OCH3 is 1. The first-order chi connectivity index (χ1) is 29.8. The van der Waals surface area contributed by atoms with E-state index in [1.807, 2.05) is 30.3 Å².